The van der Waals surface area contributed by atoms with Gasteiger partial charge in [-0.15, -0.1) is 0 Å². The van der Waals surface area contributed by atoms with Gasteiger partial charge >= 0.3 is 0 Å². The average molecular weight is 302 g/mol. The Bertz CT molecular complexity index is 599. The minimum absolute atomic E-state index is 0.294. The lowest BCUT2D eigenvalue weighted by Crippen LogP contribution is -2.29. The molecule has 2 heterocycles. The maximum Gasteiger partial charge on any atom is 0.227 e. The van der Waals surface area contributed by atoms with Crippen LogP contribution < -0.4 is 4.90 Å². The van der Waals surface area contributed by atoms with Crippen molar-refractivity contribution in [2.24, 2.45) is 5.92 Å². The lowest BCUT2D eigenvalue weighted by Gasteiger charge is -2.27. The Morgan fingerprint density at radius 3 is 2.43 bits per heavy atom. The fourth-order valence-electron chi connectivity index (χ4n) is 4.16. The van der Waals surface area contributed by atoms with Crippen LogP contribution >= 0.6 is 12.6 Å². The van der Waals surface area contributed by atoms with Crippen molar-refractivity contribution in [2.75, 3.05) is 17.2 Å². The summed E-state index contributed by atoms with van der Waals surface area (Å²) in [7, 11) is 0. The van der Waals surface area contributed by atoms with Crippen LogP contribution in [-0.4, -0.2) is 23.2 Å². The number of anilines is 1. The zero-order valence-electron chi connectivity index (χ0n) is 12.4. The summed E-state index contributed by atoms with van der Waals surface area (Å²) in [6.45, 7) is 0.852. The molecule has 0 saturated carbocycles. The molecular weight excluding hydrogens is 280 g/mol. The summed E-state index contributed by atoms with van der Waals surface area (Å²) in [5.74, 6) is 1.50. The van der Waals surface area contributed by atoms with E-state index in [2.05, 4.69) is 17.5 Å². The SMILES string of the molecule is O=C1CC(CS)CN1c1c2c(nc3c1CCC3)CCCC2. The quantitative estimate of drug-likeness (QED) is 0.852. The van der Waals surface area contributed by atoms with Gasteiger partial charge in [0.1, 0.15) is 0 Å². The van der Waals surface area contributed by atoms with E-state index in [-0.39, 0.29) is 0 Å². The second kappa shape index (κ2) is 5.31. The molecule has 1 saturated heterocycles. The molecule has 1 aromatic rings. The zero-order valence-corrected chi connectivity index (χ0v) is 13.3. The van der Waals surface area contributed by atoms with Gasteiger partial charge in [0.15, 0.2) is 0 Å². The number of pyridine rings is 1. The molecule has 0 bridgehead atoms. The molecule has 1 atom stereocenters. The molecule has 1 aromatic heterocycles. The molecule has 4 rings (SSSR count). The third-order valence-electron chi connectivity index (χ3n) is 5.20. The number of carbonyl (C=O) groups is 1. The minimum atomic E-state index is 0.294. The summed E-state index contributed by atoms with van der Waals surface area (Å²) >= 11 is 4.40. The number of aromatic nitrogens is 1. The summed E-state index contributed by atoms with van der Waals surface area (Å²) in [5, 5.41) is 0. The Labute approximate surface area is 131 Å². The van der Waals surface area contributed by atoms with Crippen molar-refractivity contribution in [1.82, 2.24) is 4.98 Å². The van der Waals surface area contributed by atoms with Crippen LogP contribution in [0.4, 0.5) is 5.69 Å². The first kappa shape index (κ1) is 13.6. The van der Waals surface area contributed by atoms with Crippen molar-refractivity contribution in [3.63, 3.8) is 0 Å². The molecule has 1 amide bonds. The van der Waals surface area contributed by atoms with Crippen molar-refractivity contribution < 1.29 is 4.79 Å². The fourth-order valence-corrected chi connectivity index (χ4v) is 4.41. The van der Waals surface area contributed by atoms with Gasteiger partial charge in [-0.3, -0.25) is 9.78 Å². The Morgan fingerprint density at radius 2 is 1.71 bits per heavy atom. The Balaban J connectivity index is 1.84. The van der Waals surface area contributed by atoms with Gasteiger partial charge in [-0.25, -0.2) is 0 Å². The largest absolute Gasteiger partial charge is 0.311 e. The molecule has 21 heavy (non-hydrogen) atoms. The van der Waals surface area contributed by atoms with Crippen LogP contribution in [0.2, 0.25) is 0 Å². The van der Waals surface area contributed by atoms with Crippen LogP contribution in [0, 0.1) is 5.92 Å². The number of hydrogen-bond acceptors (Lipinski definition) is 3. The number of fused-ring (bicyclic) bond motifs is 2. The molecule has 1 aliphatic heterocycles. The topological polar surface area (TPSA) is 33.2 Å². The average Bonchev–Trinajstić information content (AvgIpc) is 3.11. The predicted octanol–water partition coefficient (Wildman–Crippen LogP) is 2.73. The standard InChI is InChI=1S/C17H22N2OS/c20-16-8-11(10-21)9-19(16)17-12-4-1-2-6-14(12)18-15-7-3-5-13(15)17/h11,21H,1-10H2. The van der Waals surface area contributed by atoms with Gasteiger partial charge in [-0.05, 0) is 67.7 Å². The first-order chi connectivity index (χ1) is 10.3. The van der Waals surface area contributed by atoms with E-state index in [0.29, 0.717) is 18.2 Å². The van der Waals surface area contributed by atoms with E-state index in [1.807, 2.05) is 0 Å². The van der Waals surface area contributed by atoms with Crippen molar-refractivity contribution in [1.29, 1.82) is 0 Å². The first-order valence-corrected chi connectivity index (χ1v) is 8.86. The normalized spacial score (nSPS) is 24.3. The number of aryl methyl sites for hydroxylation is 2. The lowest BCUT2D eigenvalue weighted by atomic mass is 9.91. The van der Waals surface area contributed by atoms with E-state index in [0.717, 1.165) is 38.0 Å². The third kappa shape index (κ3) is 2.19. The number of hydrogen-bond donors (Lipinski definition) is 1. The Hall–Kier alpha value is -1.03. The molecule has 112 valence electrons. The summed E-state index contributed by atoms with van der Waals surface area (Å²) in [5.41, 5.74) is 6.58. The van der Waals surface area contributed by atoms with Gasteiger partial charge in [-0.1, -0.05) is 0 Å². The maximum absolute atomic E-state index is 12.5. The minimum Gasteiger partial charge on any atom is -0.311 e. The molecule has 0 N–H and O–H groups in total. The Kier molecular flexibility index (Phi) is 3.44. The van der Waals surface area contributed by atoms with Crippen LogP contribution in [0.5, 0.6) is 0 Å². The molecule has 3 nitrogen and oxygen atoms in total. The highest BCUT2D eigenvalue weighted by molar-refractivity contribution is 7.80. The summed E-state index contributed by atoms with van der Waals surface area (Å²) in [6.07, 6.45) is 8.71. The molecule has 4 heteroatoms. The van der Waals surface area contributed by atoms with E-state index in [4.69, 9.17) is 4.98 Å². The van der Waals surface area contributed by atoms with Crippen LogP contribution in [0.15, 0.2) is 0 Å². The zero-order chi connectivity index (χ0) is 14.4. The van der Waals surface area contributed by atoms with Gasteiger partial charge in [0.05, 0.1) is 5.69 Å². The summed E-state index contributed by atoms with van der Waals surface area (Å²) in [4.78, 5) is 19.5. The van der Waals surface area contributed by atoms with Gasteiger partial charge in [0, 0.05) is 24.4 Å². The number of nitrogens with zero attached hydrogens (tertiary/aromatic N) is 2. The maximum atomic E-state index is 12.5. The molecule has 1 fully saturated rings. The highest BCUT2D eigenvalue weighted by atomic mass is 32.1. The molecule has 1 unspecified atom stereocenters. The molecule has 3 aliphatic rings. The van der Waals surface area contributed by atoms with Crippen molar-refractivity contribution >= 4 is 24.2 Å². The monoisotopic (exact) mass is 302 g/mol. The van der Waals surface area contributed by atoms with Crippen LogP contribution in [0.25, 0.3) is 0 Å². The van der Waals surface area contributed by atoms with E-state index < -0.39 is 0 Å². The van der Waals surface area contributed by atoms with Crippen LogP contribution in [0.3, 0.4) is 0 Å². The molecule has 0 radical (unpaired) electrons. The Morgan fingerprint density at radius 1 is 1.05 bits per heavy atom. The fraction of sp³-hybridized carbons (Fsp3) is 0.647. The summed E-state index contributed by atoms with van der Waals surface area (Å²) < 4.78 is 0. The second-order valence-corrected chi connectivity index (χ2v) is 6.99. The van der Waals surface area contributed by atoms with E-state index in [9.17, 15) is 4.79 Å². The molecule has 2 aliphatic carbocycles. The number of carbonyl (C=O) groups excluding carboxylic acids is 1. The smallest absolute Gasteiger partial charge is 0.227 e. The second-order valence-electron chi connectivity index (χ2n) is 6.63. The van der Waals surface area contributed by atoms with Crippen molar-refractivity contribution in [3.05, 3.63) is 22.5 Å². The van der Waals surface area contributed by atoms with Crippen molar-refractivity contribution in [2.45, 2.75) is 51.4 Å². The van der Waals surface area contributed by atoms with E-state index in [1.54, 1.807) is 0 Å². The number of thiol groups is 1. The van der Waals surface area contributed by atoms with Gasteiger partial charge in [-0.2, -0.15) is 12.6 Å². The van der Waals surface area contributed by atoms with Crippen LogP contribution in [-0.2, 0) is 30.5 Å². The predicted molar refractivity (Wildman–Crippen MR) is 87.2 cm³/mol. The molecular formula is C17H22N2OS. The van der Waals surface area contributed by atoms with Gasteiger partial charge in [0.25, 0.3) is 0 Å². The lowest BCUT2D eigenvalue weighted by molar-refractivity contribution is -0.117. The number of amides is 1. The number of rotatable bonds is 2. The van der Waals surface area contributed by atoms with Gasteiger partial charge in [0.2, 0.25) is 5.91 Å². The molecule has 0 spiro atoms. The first-order valence-electron chi connectivity index (χ1n) is 8.22. The van der Waals surface area contributed by atoms with Gasteiger partial charge < -0.3 is 4.90 Å². The third-order valence-corrected chi connectivity index (χ3v) is 5.72. The van der Waals surface area contributed by atoms with E-state index in [1.165, 1.54) is 47.5 Å². The van der Waals surface area contributed by atoms with Crippen LogP contribution in [0.1, 0.15) is 48.2 Å². The highest BCUT2D eigenvalue weighted by Gasteiger charge is 2.35. The summed E-state index contributed by atoms with van der Waals surface area (Å²) in [6, 6.07) is 0. The molecule has 0 aromatic carbocycles. The highest BCUT2D eigenvalue weighted by Crippen LogP contribution is 2.40. The van der Waals surface area contributed by atoms with E-state index >= 15 is 0 Å². The van der Waals surface area contributed by atoms with Crippen molar-refractivity contribution in [3.8, 4) is 0 Å².